The third kappa shape index (κ3) is 6.40. The second-order valence-corrected chi connectivity index (χ2v) is 10.5. The van der Waals surface area contributed by atoms with Crippen molar-refractivity contribution in [2.24, 2.45) is 5.41 Å². The SMILES string of the molecule is CN(C)CCOC(C)(C)c1ccc(CC(=O)c2ncc(C#N)[nH]2)c(C2=CCC(C)(C)CC2)c1. The van der Waals surface area contributed by atoms with Crippen LogP contribution < -0.4 is 0 Å². The number of benzene rings is 1. The number of H-pyrrole nitrogens is 1. The van der Waals surface area contributed by atoms with E-state index in [1.165, 1.54) is 11.8 Å². The lowest BCUT2D eigenvalue weighted by molar-refractivity contribution is -0.0268. The van der Waals surface area contributed by atoms with Gasteiger partial charge in [0.1, 0.15) is 11.8 Å². The van der Waals surface area contributed by atoms with Gasteiger partial charge in [-0.15, -0.1) is 0 Å². The molecule has 1 aromatic heterocycles. The molecular weight excluding hydrogens is 412 g/mol. The summed E-state index contributed by atoms with van der Waals surface area (Å²) in [5.74, 6) is 0.108. The summed E-state index contributed by atoms with van der Waals surface area (Å²) in [6.45, 7) is 10.3. The Morgan fingerprint density at radius 3 is 2.70 bits per heavy atom. The zero-order valence-corrected chi connectivity index (χ0v) is 20.8. The second-order valence-electron chi connectivity index (χ2n) is 10.5. The summed E-state index contributed by atoms with van der Waals surface area (Å²) in [4.78, 5) is 21.9. The number of likely N-dealkylation sites (N-methyl/N-ethyl adjacent to an activating group) is 1. The summed E-state index contributed by atoms with van der Waals surface area (Å²) in [6.07, 6.45) is 7.08. The molecule has 1 aromatic carbocycles. The predicted molar refractivity (Wildman–Crippen MR) is 131 cm³/mol. The number of carbonyl (C=O) groups excluding carboxylic acids is 1. The van der Waals surface area contributed by atoms with Crippen molar-refractivity contribution in [2.45, 2.75) is 59.0 Å². The molecule has 2 aromatic rings. The Morgan fingerprint density at radius 1 is 1.33 bits per heavy atom. The molecule has 0 fully saturated rings. The molecular formula is C27H36N4O2. The Kier molecular flexibility index (Phi) is 7.56. The van der Waals surface area contributed by atoms with Gasteiger partial charge in [0.15, 0.2) is 5.82 Å². The Bertz CT molecular complexity index is 1070. The molecule has 1 aliphatic rings. The molecule has 1 aliphatic carbocycles. The van der Waals surface area contributed by atoms with Crippen LogP contribution in [0, 0.1) is 16.7 Å². The van der Waals surface area contributed by atoms with Gasteiger partial charge in [-0.3, -0.25) is 4.79 Å². The molecule has 1 N–H and O–H groups in total. The molecule has 6 nitrogen and oxygen atoms in total. The molecule has 6 heteroatoms. The lowest BCUT2D eigenvalue weighted by atomic mass is 9.76. The van der Waals surface area contributed by atoms with Crippen molar-refractivity contribution in [3.05, 3.63) is 58.7 Å². The number of aromatic amines is 1. The number of ketones is 1. The van der Waals surface area contributed by atoms with Gasteiger partial charge >= 0.3 is 0 Å². The minimum absolute atomic E-state index is 0.122. The highest BCUT2D eigenvalue weighted by Gasteiger charge is 2.27. The van der Waals surface area contributed by atoms with Crippen molar-refractivity contribution in [2.75, 3.05) is 27.2 Å². The van der Waals surface area contributed by atoms with Crippen molar-refractivity contribution >= 4 is 11.4 Å². The lowest BCUT2D eigenvalue weighted by Crippen LogP contribution is -2.27. The van der Waals surface area contributed by atoms with E-state index >= 15 is 0 Å². The zero-order chi connectivity index (χ0) is 24.2. The first kappa shape index (κ1) is 24.9. The van der Waals surface area contributed by atoms with Crippen LogP contribution in [0.4, 0.5) is 0 Å². The number of allylic oxidation sites excluding steroid dienone is 2. The highest BCUT2D eigenvalue weighted by atomic mass is 16.5. The van der Waals surface area contributed by atoms with Crippen molar-refractivity contribution in [3.63, 3.8) is 0 Å². The van der Waals surface area contributed by atoms with Gasteiger partial charge in [0.25, 0.3) is 0 Å². The number of imidazole rings is 1. The first-order chi connectivity index (χ1) is 15.5. The zero-order valence-electron chi connectivity index (χ0n) is 20.8. The van der Waals surface area contributed by atoms with E-state index in [-0.39, 0.29) is 18.0 Å². The van der Waals surface area contributed by atoms with Crippen molar-refractivity contribution in [1.82, 2.24) is 14.9 Å². The standard InChI is InChI=1S/C27H36N4O2/c1-26(2)11-9-19(10-12-26)23-16-21(27(3,4)33-14-13-31(5)6)8-7-20(23)15-24(32)25-29-18-22(17-28)30-25/h7-9,16,18H,10-15H2,1-6H3,(H,29,30). The number of hydrogen-bond acceptors (Lipinski definition) is 5. The summed E-state index contributed by atoms with van der Waals surface area (Å²) >= 11 is 0. The summed E-state index contributed by atoms with van der Waals surface area (Å²) in [7, 11) is 4.08. The average molecular weight is 449 g/mol. The quantitative estimate of drug-likeness (QED) is 0.539. The molecule has 0 saturated heterocycles. The van der Waals surface area contributed by atoms with Crippen LogP contribution in [0.1, 0.15) is 80.0 Å². The van der Waals surface area contributed by atoms with Crippen LogP contribution in [0.3, 0.4) is 0 Å². The average Bonchev–Trinajstić information content (AvgIpc) is 3.23. The molecule has 0 spiro atoms. The number of nitriles is 1. The van der Waals surface area contributed by atoms with E-state index in [0.29, 0.717) is 17.7 Å². The van der Waals surface area contributed by atoms with Gasteiger partial charge in [0, 0.05) is 13.0 Å². The lowest BCUT2D eigenvalue weighted by Gasteiger charge is -2.31. The van der Waals surface area contributed by atoms with E-state index in [2.05, 4.69) is 60.8 Å². The largest absolute Gasteiger partial charge is 0.370 e. The van der Waals surface area contributed by atoms with Gasteiger partial charge < -0.3 is 14.6 Å². The van der Waals surface area contributed by atoms with E-state index in [9.17, 15) is 4.79 Å². The third-order valence-corrected chi connectivity index (χ3v) is 6.44. The molecule has 0 amide bonds. The molecule has 1 heterocycles. The number of hydrogen-bond donors (Lipinski definition) is 1. The maximum absolute atomic E-state index is 12.9. The van der Waals surface area contributed by atoms with E-state index in [4.69, 9.17) is 10.00 Å². The second kappa shape index (κ2) is 10.0. The number of rotatable bonds is 9. The smallest absolute Gasteiger partial charge is 0.202 e. The van der Waals surface area contributed by atoms with Gasteiger partial charge in [-0.25, -0.2) is 4.98 Å². The summed E-state index contributed by atoms with van der Waals surface area (Å²) < 4.78 is 6.23. The van der Waals surface area contributed by atoms with E-state index in [0.717, 1.165) is 42.5 Å². The maximum atomic E-state index is 12.9. The van der Waals surface area contributed by atoms with Crippen LogP contribution in [0.2, 0.25) is 0 Å². The summed E-state index contributed by atoms with van der Waals surface area (Å²) in [5, 5.41) is 9.02. The minimum Gasteiger partial charge on any atom is -0.370 e. The summed E-state index contributed by atoms with van der Waals surface area (Å²) in [6, 6.07) is 8.31. The Hall–Kier alpha value is -2.75. The monoisotopic (exact) mass is 448 g/mol. The van der Waals surface area contributed by atoms with Crippen LogP contribution in [-0.4, -0.2) is 47.9 Å². The number of nitrogens with one attached hydrogen (secondary N) is 1. The van der Waals surface area contributed by atoms with Gasteiger partial charge in [-0.1, -0.05) is 32.1 Å². The van der Waals surface area contributed by atoms with Crippen molar-refractivity contribution in [3.8, 4) is 6.07 Å². The molecule has 0 unspecified atom stereocenters. The van der Waals surface area contributed by atoms with Gasteiger partial charge in [0.2, 0.25) is 5.78 Å². The topological polar surface area (TPSA) is 82.0 Å². The Balaban J connectivity index is 1.92. The molecule has 0 saturated carbocycles. The fourth-order valence-corrected chi connectivity index (χ4v) is 4.07. The highest BCUT2D eigenvalue weighted by molar-refractivity contribution is 5.95. The molecule has 3 rings (SSSR count). The van der Waals surface area contributed by atoms with Crippen LogP contribution in [0.25, 0.3) is 5.57 Å². The van der Waals surface area contributed by atoms with Crippen LogP contribution in [0.15, 0.2) is 30.5 Å². The molecule has 0 bridgehead atoms. The number of carbonyl (C=O) groups is 1. The number of nitrogens with zero attached hydrogens (tertiary/aromatic N) is 3. The van der Waals surface area contributed by atoms with E-state index in [1.807, 2.05) is 26.2 Å². The van der Waals surface area contributed by atoms with Crippen LogP contribution in [-0.2, 0) is 16.8 Å². The third-order valence-electron chi connectivity index (χ3n) is 6.44. The van der Waals surface area contributed by atoms with Crippen LogP contribution in [0.5, 0.6) is 0 Å². The van der Waals surface area contributed by atoms with Gasteiger partial charge in [-0.2, -0.15) is 5.26 Å². The van der Waals surface area contributed by atoms with Crippen LogP contribution >= 0.6 is 0 Å². The maximum Gasteiger partial charge on any atom is 0.202 e. The number of aromatic nitrogens is 2. The molecule has 0 radical (unpaired) electrons. The first-order valence-electron chi connectivity index (χ1n) is 11.6. The Morgan fingerprint density at radius 2 is 2.09 bits per heavy atom. The van der Waals surface area contributed by atoms with Crippen molar-refractivity contribution in [1.29, 1.82) is 5.26 Å². The number of ether oxygens (including phenoxy) is 1. The van der Waals surface area contributed by atoms with E-state index < -0.39 is 5.60 Å². The normalized spacial score (nSPS) is 15.9. The Labute approximate surface area is 197 Å². The highest BCUT2D eigenvalue weighted by Crippen LogP contribution is 2.40. The van der Waals surface area contributed by atoms with E-state index in [1.54, 1.807) is 0 Å². The molecule has 33 heavy (non-hydrogen) atoms. The fraction of sp³-hybridized carbons (Fsp3) is 0.519. The van der Waals surface area contributed by atoms with Gasteiger partial charge in [0.05, 0.1) is 18.4 Å². The fourth-order valence-electron chi connectivity index (χ4n) is 4.07. The predicted octanol–water partition coefficient (Wildman–Crippen LogP) is 5.11. The van der Waals surface area contributed by atoms with Gasteiger partial charge in [-0.05, 0) is 81.0 Å². The summed E-state index contributed by atoms with van der Waals surface area (Å²) in [5.41, 5.74) is 4.64. The van der Waals surface area contributed by atoms with Crippen molar-refractivity contribution < 1.29 is 9.53 Å². The molecule has 0 aliphatic heterocycles. The molecule has 176 valence electrons. The number of Topliss-reactive ketones (excluding diaryl/α,β-unsaturated/α-hetero) is 1. The minimum atomic E-state index is -0.440. The molecule has 0 atom stereocenters. The first-order valence-corrected chi connectivity index (χ1v) is 11.6.